The Labute approximate surface area is 127 Å². The fraction of sp³-hybridized carbons (Fsp3) is 0.333. The predicted octanol–water partition coefficient (Wildman–Crippen LogP) is 0.573. The van der Waals surface area contributed by atoms with Crippen molar-refractivity contribution in [3.05, 3.63) is 41.1 Å². The second kappa shape index (κ2) is 7.06. The highest BCUT2D eigenvalue weighted by molar-refractivity contribution is 6.03. The lowest BCUT2D eigenvalue weighted by molar-refractivity contribution is -0.140. The molecule has 1 N–H and O–H groups in total. The summed E-state index contributed by atoms with van der Waals surface area (Å²) < 4.78 is 14.8. The molecule has 0 bridgehead atoms. The van der Waals surface area contributed by atoms with Gasteiger partial charge in [0.2, 0.25) is 0 Å². The Hall–Kier alpha value is -2.38. The van der Waals surface area contributed by atoms with Crippen LogP contribution in [-0.2, 0) is 30.4 Å². The van der Waals surface area contributed by atoms with Gasteiger partial charge in [-0.2, -0.15) is 0 Å². The van der Waals surface area contributed by atoms with Gasteiger partial charge in [-0.3, -0.25) is 0 Å². The summed E-state index contributed by atoms with van der Waals surface area (Å²) in [6.07, 6.45) is 0. The summed E-state index contributed by atoms with van der Waals surface area (Å²) >= 11 is 0. The largest absolute Gasteiger partial charge is 0.466 e. The Morgan fingerprint density at radius 2 is 2.00 bits per heavy atom. The van der Waals surface area contributed by atoms with E-state index >= 15 is 0 Å². The van der Waals surface area contributed by atoms with Crippen LogP contribution in [0.5, 0.6) is 0 Å². The number of aliphatic hydroxyl groups is 1. The van der Waals surface area contributed by atoms with E-state index in [1.165, 1.54) is 19.1 Å². The van der Waals surface area contributed by atoms with Crippen molar-refractivity contribution in [2.75, 3.05) is 32.5 Å². The topological polar surface area (TPSA) is 85.3 Å². The molecule has 0 radical (unpaired) electrons. The van der Waals surface area contributed by atoms with Crippen molar-refractivity contribution in [3.8, 4) is 0 Å². The Morgan fingerprint density at radius 1 is 1.27 bits per heavy atom. The minimum absolute atomic E-state index is 0.0344. The molecule has 0 fully saturated rings. The summed E-state index contributed by atoms with van der Waals surface area (Å²) in [6, 6.07) is 6.93. The number of benzene rings is 1. The van der Waals surface area contributed by atoms with Crippen molar-refractivity contribution in [2.45, 2.75) is 6.61 Å². The zero-order chi connectivity index (χ0) is 16.1. The number of nitrogens with zero attached hydrogens (tertiary/aromatic N) is 1. The molecule has 2 rings (SSSR count). The van der Waals surface area contributed by atoms with E-state index in [1.54, 1.807) is 24.3 Å². The smallest absolute Gasteiger partial charge is 0.355 e. The standard InChI is InChI=1S/C15H17NO6/c1-20-14(18)12-8-22-9-16(13(12)15(19)21-2)11-5-3-4-10(6-11)7-17/h3-6,17H,7-9H2,1-2H3. The van der Waals surface area contributed by atoms with E-state index in [4.69, 9.17) is 14.2 Å². The van der Waals surface area contributed by atoms with Crippen LogP contribution in [0.25, 0.3) is 0 Å². The van der Waals surface area contributed by atoms with Crippen molar-refractivity contribution in [1.29, 1.82) is 0 Å². The van der Waals surface area contributed by atoms with Gasteiger partial charge in [0.25, 0.3) is 0 Å². The number of methoxy groups -OCH3 is 2. The van der Waals surface area contributed by atoms with Gasteiger partial charge in [-0.15, -0.1) is 0 Å². The fourth-order valence-electron chi connectivity index (χ4n) is 2.17. The normalized spacial score (nSPS) is 14.8. The quantitative estimate of drug-likeness (QED) is 0.814. The van der Waals surface area contributed by atoms with Gasteiger partial charge in [-0.05, 0) is 17.7 Å². The predicted molar refractivity (Wildman–Crippen MR) is 76.7 cm³/mol. The van der Waals surface area contributed by atoms with E-state index < -0.39 is 11.9 Å². The second-order valence-corrected chi connectivity index (χ2v) is 4.54. The van der Waals surface area contributed by atoms with E-state index in [9.17, 15) is 14.7 Å². The number of carbonyl (C=O) groups is 2. The van der Waals surface area contributed by atoms with E-state index in [-0.39, 0.29) is 31.2 Å². The minimum atomic E-state index is -0.655. The minimum Gasteiger partial charge on any atom is -0.466 e. The average Bonchev–Trinajstić information content (AvgIpc) is 2.59. The highest BCUT2D eigenvalue weighted by Crippen LogP contribution is 2.27. The maximum absolute atomic E-state index is 12.1. The van der Waals surface area contributed by atoms with Crippen LogP contribution in [0, 0.1) is 0 Å². The number of anilines is 1. The van der Waals surface area contributed by atoms with Gasteiger partial charge in [-0.1, -0.05) is 12.1 Å². The summed E-state index contributed by atoms with van der Waals surface area (Å²) in [4.78, 5) is 25.5. The molecule has 0 spiro atoms. The van der Waals surface area contributed by atoms with Crippen molar-refractivity contribution in [1.82, 2.24) is 0 Å². The molecule has 118 valence electrons. The van der Waals surface area contributed by atoms with Crippen molar-refractivity contribution >= 4 is 17.6 Å². The SMILES string of the molecule is COC(=O)C1=C(C(=O)OC)N(c2cccc(CO)c2)COC1. The molecule has 1 aromatic carbocycles. The first-order valence-electron chi connectivity index (χ1n) is 6.57. The number of esters is 2. The van der Waals surface area contributed by atoms with Crippen LogP contribution >= 0.6 is 0 Å². The molecule has 1 heterocycles. The van der Waals surface area contributed by atoms with Gasteiger partial charge in [0.15, 0.2) is 0 Å². The van der Waals surface area contributed by atoms with Crippen LogP contribution in [-0.4, -0.2) is 44.6 Å². The third-order valence-electron chi connectivity index (χ3n) is 3.24. The first-order chi connectivity index (χ1) is 10.6. The lowest BCUT2D eigenvalue weighted by Gasteiger charge is -2.31. The van der Waals surface area contributed by atoms with E-state index in [1.807, 2.05) is 0 Å². The van der Waals surface area contributed by atoms with E-state index in [0.717, 1.165) is 0 Å². The highest BCUT2D eigenvalue weighted by atomic mass is 16.5. The zero-order valence-electron chi connectivity index (χ0n) is 12.4. The molecule has 0 atom stereocenters. The Bertz CT molecular complexity index is 610. The third-order valence-corrected chi connectivity index (χ3v) is 3.24. The fourth-order valence-corrected chi connectivity index (χ4v) is 2.17. The molecule has 0 saturated carbocycles. The van der Waals surface area contributed by atoms with E-state index in [0.29, 0.717) is 11.3 Å². The van der Waals surface area contributed by atoms with Crippen molar-refractivity contribution in [2.24, 2.45) is 0 Å². The maximum Gasteiger partial charge on any atom is 0.355 e. The van der Waals surface area contributed by atoms with Crippen LogP contribution in [0.4, 0.5) is 5.69 Å². The Kier molecular flexibility index (Phi) is 5.13. The lowest BCUT2D eigenvalue weighted by atomic mass is 10.1. The molecular weight excluding hydrogens is 290 g/mol. The van der Waals surface area contributed by atoms with Gasteiger partial charge in [0.05, 0.1) is 33.0 Å². The van der Waals surface area contributed by atoms with Crippen molar-refractivity contribution in [3.63, 3.8) is 0 Å². The number of hydrogen-bond acceptors (Lipinski definition) is 7. The molecule has 1 aromatic rings. The lowest BCUT2D eigenvalue weighted by Crippen LogP contribution is -2.38. The third kappa shape index (κ3) is 3.10. The summed E-state index contributed by atoms with van der Waals surface area (Å²) in [5, 5.41) is 9.23. The summed E-state index contributed by atoms with van der Waals surface area (Å²) in [5.74, 6) is -1.30. The van der Waals surface area contributed by atoms with Crippen LogP contribution in [0.2, 0.25) is 0 Å². The molecular formula is C15H17NO6. The van der Waals surface area contributed by atoms with Gasteiger partial charge >= 0.3 is 11.9 Å². The van der Waals surface area contributed by atoms with Gasteiger partial charge in [0, 0.05) is 5.69 Å². The first-order valence-corrected chi connectivity index (χ1v) is 6.57. The second-order valence-electron chi connectivity index (χ2n) is 4.54. The molecule has 1 aliphatic rings. The van der Waals surface area contributed by atoms with Crippen LogP contribution in [0.1, 0.15) is 5.56 Å². The van der Waals surface area contributed by atoms with E-state index in [2.05, 4.69) is 0 Å². The zero-order valence-corrected chi connectivity index (χ0v) is 12.4. The molecule has 0 aliphatic carbocycles. The molecule has 1 aliphatic heterocycles. The van der Waals surface area contributed by atoms with Crippen LogP contribution in [0.15, 0.2) is 35.5 Å². The van der Waals surface area contributed by atoms with Gasteiger partial charge < -0.3 is 24.2 Å². The Morgan fingerprint density at radius 3 is 2.64 bits per heavy atom. The molecule has 0 unspecified atom stereocenters. The maximum atomic E-state index is 12.1. The van der Waals surface area contributed by atoms with Crippen molar-refractivity contribution < 1.29 is 28.9 Å². The summed E-state index contributed by atoms with van der Waals surface area (Å²) in [5.41, 5.74) is 1.45. The number of ether oxygens (including phenoxy) is 3. The van der Waals surface area contributed by atoms with Crippen LogP contribution in [0.3, 0.4) is 0 Å². The monoisotopic (exact) mass is 307 g/mol. The molecule has 0 aromatic heterocycles. The summed E-state index contributed by atoms with van der Waals surface area (Å²) in [6.45, 7) is -0.0865. The van der Waals surface area contributed by atoms with Crippen LogP contribution < -0.4 is 4.90 Å². The number of rotatable bonds is 4. The molecule has 0 amide bonds. The number of aliphatic hydroxyl groups excluding tert-OH is 1. The summed E-state index contributed by atoms with van der Waals surface area (Å²) in [7, 11) is 2.47. The van der Waals surface area contributed by atoms with Gasteiger partial charge in [0.1, 0.15) is 12.4 Å². The highest BCUT2D eigenvalue weighted by Gasteiger charge is 2.32. The molecule has 7 heteroatoms. The number of hydrogen-bond donors (Lipinski definition) is 1. The molecule has 7 nitrogen and oxygen atoms in total. The first kappa shape index (κ1) is 16.0. The molecule has 0 saturated heterocycles. The number of carbonyl (C=O) groups excluding carboxylic acids is 2. The average molecular weight is 307 g/mol. The Balaban J connectivity index is 2.52. The van der Waals surface area contributed by atoms with Gasteiger partial charge in [-0.25, -0.2) is 9.59 Å². The molecule has 22 heavy (non-hydrogen) atoms.